The van der Waals surface area contributed by atoms with E-state index in [4.69, 9.17) is 5.73 Å². The molecule has 1 amide bonds. The highest BCUT2D eigenvalue weighted by atomic mass is 19.2. The van der Waals surface area contributed by atoms with E-state index in [0.717, 1.165) is 30.6 Å². The van der Waals surface area contributed by atoms with E-state index in [-0.39, 0.29) is 11.3 Å². The molecule has 0 aliphatic rings. The van der Waals surface area contributed by atoms with Crippen LogP contribution in [0.4, 0.5) is 24.5 Å². The molecule has 98 valence electrons. The Labute approximate surface area is 106 Å². The molecule has 4 nitrogen and oxygen atoms in total. The number of anilines is 2. The van der Waals surface area contributed by atoms with Crippen LogP contribution in [0.25, 0.3) is 0 Å². The number of nitrogen functional groups attached to an aromatic ring is 1. The Balaban J connectivity index is 2.32. The number of hydrogen-bond donors (Lipinski definition) is 2. The van der Waals surface area contributed by atoms with Gasteiger partial charge in [0, 0.05) is 6.20 Å². The van der Waals surface area contributed by atoms with Crippen LogP contribution in [0, 0.1) is 17.5 Å². The number of amides is 1. The molecular formula is C12H8F3N3O. The van der Waals surface area contributed by atoms with Gasteiger partial charge in [-0.15, -0.1) is 0 Å². The molecule has 0 atom stereocenters. The maximum absolute atomic E-state index is 13.5. The number of carbonyl (C=O) groups is 1. The summed E-state index contributed by atoms with van der Waals surface area (Å²) in [5.74, 6) is -4.00. The second kappa shape index (κ2) is 4.97. The normalized spacial score (nSPS) is 10.3. The van der Waals surface area contributed by atoms with Crippen molar-refractivity contribution in [1.29, 1.82) is 0 Å². The number of aromatic nitrogens is 1. The molecule has 3 N–H and O–H groups in total. The predicted molar refractivity (Wildman–Crippen MR) is 62.9 cm³/mol. The first-order valence-corrected chi connectivity index (χ1v) is 5.14. The van der Waals surface area contributed by atoms with Gasteiger partial charge >= 0.3 is 0 Å². The number of benzene rings is 1. The maximum atomic E-state index is 13.5. The first kappa shape index (κ1) is 12.9. The summed E-state index contributed by atoms with van der Waals surface area (Å²) in [7, 11) is 0. The Bertz CT molecular complexity index is 646. The van der Waals surface area contributed by atoms with Crippen LogP contribution in [0.15, 0.2) is 30.6 Å². The number of pyridine rings is 1. The van der Waals surface area contributed by atoms with Crippen LogP contribution in [0.5, 0.6) is 0 Å². The highest BCUT2D eigenvalue weighted by Crippen LogP contribution is 2.25. The van der Waals surface area contributed by atoms with Crippen molar-refractivity contribution in [3.05, 3.63) is 53.6 Å². The first-order chi connectivity index (χ1) is 8.99. The highest BCUT2D eigenvalue weighted by Gasteiger charge is 2.16. The molecule has 0 aliphatic heterocycles. The largest absolute Gasteiger partial charge is 0.397 e. The molecule has 0 fully saturated rings. The summed E-state index contributed by atoms with van der Waals surface area (Å²) >= 11 is 0. The topological polar surface area (TPSA) is 68.0 Å². The molecule has 0 spiro atoms. The SMILES string of the molecule is Nc1ccc(F)c(F)c1NC(=O)c1cncc(F)c1. The molecule has 0 unspecified atom stereocenters. The minimum atomic E-state index is -1.28. The fourth-order valence-electron chi connectivity index (χ4n) is 1.41. The van der Waals surface area contributed by atoms with Crippen molar-refractivity contribution < 1.29 is 18.0 Å². The zero-order valence-corrected chi connectivity index (χ0v) is 9.45. The highest BCUT2D eigenvalue weighted by molar-refractivity contribution is 6.05. The zero-order valence-electron chi connectivity index (χ0n) is 9.45. The molecule has 1 aromatic carbocycles. The molecular weight excluding hydrogens is 259 g/mol. The van der Waals surface area contributed by atoms with Gasteiger partial charge in [0.1, 0.15) is 11.5 Å². The summed E-state index contributed by atoms with van der Waals surface area (Å²) in [6, 6.07) is 2.86. The van der Waals surface area contributed by atoms with E-state index in [0.29, 0.717) is 0 Å². The lowest BCUT2D eigenvalue weighted by Crippen LogP contribution is -2.15. The summed E-state index contributed by atoms with van der Waals surface area (Å²) in [6.07, 6.45) is 2.00. The van der Waals surface area contributed by atoms with Gasteiger partial charge in [0.05, 0.1) is 17.4 Å². The lowest BCUT2D eigenvalue weighted by molar-refractivity contribution is 0.102. The molecule has 0 saturated heterocycles. The Kier molecular flexibility index (Phi) is 3.37. The van der Waals surface area contributed by atoms with Gasteiger partial charge in [-0.05, 0) is 18.2 Å². The van der Waals surface area contributed by atoms with Crippen LogP contribution in [-0.4, -0.2) is 10.9 Å². The number of nitrogens with one attached hydrogen (secondary N) is 1. The third-order valence-electron chi connectivity index (χ3n) is 2.33. The van der Waals surface area contributed by atoms with Crippen LogP contribution in [0.3, 0.4) is 0 Å². The Morgan fingerprint density at radius 2 is 1.95 bits per heavy atom. The minimum absolute atomic E-state index is 0.136. The van der Waals surface area contributed by atoms with Crippen molar-refractivity contribution in [2.45, 2.75) is 0 Å². The summed E-state index contributed by atoms with van der Waals surface area (Å²) in [4.78, 5) is 15.2. The molecule has 2 aromatic rings. The van der Waals surface area contributed by atoms with Crippen molar-refractivity contribution in [3.63, 3.8) is 0 Å². The number of rotatable bonds is 2. The standard InChI is InChI=1S/C12H8F3N3O/c13-7-3-6(4-17-5-7)12(19)18-11-9(16)2-1-8(14)10(11)15/h1-5H,16H2,(H,18,19). The molecule has 1 heterocycles. The lowest BCUT2D eigenvalue weighted by atomic mass is 10.2. The second-order valence-electron chi connectivity index (χ2n) is 3.67. The summed E-state index contributed by atoms with van der Waals surface area (Å²) < 4.78 is 39.4. The van der Waals surface area contributed by atoms with Crippen molar-refractivity contribution in [1.82, 2.24) is 4.98 Å². The number of halogens is 3. The number of nitrogens with zero attached hydrogens (tertiary/aromatic N) is 1. The molecule has 7 heteroatoms. The minimum Gasteiger partial charge on any atom is -0.397 e. The fraction of sp³-hybridized carbons (Fsp3) is 0. The average Bonchev–Trinajstić information content (AvgIpc) is 2.39. The second-order valence-corrected chi connectivity index (χ2v) is 3.67. The van der Waals surface area contributed by atoms with Crippen molar-refractivity contribution >= 4 is 17.3 Å². The third kappa shape index (κ3) is 2.65. The third-order valence-corrected chi connectivity index (χ3v) is 2.33. The first-order valence-electron chi connectivity index (χ1n) is 5.14. The van der Waals surface area contributed by atoms with Gasteiger partial charge in [-0.1, -0.05) is 0 Å². The van der Waals surface area contributed by atoms with Gasteiger partial charge in [0.2, 0.25) is 0 Å². The summed E-state index contributed by atoms with van der Waals surface area (Å²) in [5.41, 5.74) is 4.67. The van der Waals surface area contributed by atoms with Crippen LogP contribution in [-0.2, 0) is 0 Å². The monoisotopic (exact) mass is 267 g/mol. The van der Waals surface area contributed by atoms with Crippen molar-refractivity contribution in [2.24, 2.45) is 0 Å². The molecule has 0 bridgehead atoms. The fourth-order valence-corrected chi connectivity index (χ4v) is 1.41. The predicted octanol–water partition coefficient (Wildman–Crippen LogP) is 2.33. The van der Waals surface area contributed by atoms with Crippen LogP contribution < -0.4 is 11.1 Å². The number of nitrogens with two attached hydrogens (primary N) is 1. The zero-order chi connectivity index (χ0) is 14.0. The van der Waals surface area contributed by atoms with E-state index in [1.807, 2.05) is 0 Å². The van der Waals surface area contributed by atoms with Crippen LogP contribution in [0.2, 0.25) is 0 Å². The van der Waals surface area contributed by atoms with Crippen molar-refractivity contribution in [2.75, 3.05) is 11.1 Å². The molecule has 2 rings (SSSR count). The maximum Gasteiger partial charge on any atom is 0.257 e. The van der Waals surface area contributed by atoms with Crippen LogP contribution >= 0.6 is 0 Å². The Morgan fingerprint density at radius 3 is 2.63 bits per heavy atom. The molecule has 19 heavy (non-hydrogen) atoms. The average molecular weight is 267 g/mol. The van der Waals surface area contributed by atoms with E-state index in [1.54, 1.807) is 0 Å². The van der Waals surface area contributed by atoms with Crippen LogP contribution in [0.1, 0.15) is 10.4 Å². The smallest absolute Gasteiger partial charge is 0.257 e. The lowest BCUT2D eigenvalue weighted by Gasteiger charge is -2.09. The molecule has 0 saturated carbocycles. The van der Waals surface area contributed by atoms with E-state index in [2.05, 4.69) is 10.3 Å². The van der Waals surface area contributed by atoms with Gasteiger partial charge in [0.15, 0.2) is 11.6 Å². The molecule has 0 aliphatic carbocycles. The van der Waals surface area contributed by atoms with E-state index < -0.39 is 29.0 Å². The quantitative estimate of drug-likeness (QED) is 0.820. The van der Waals surface area contributed by atoms with E-state index in [9.17, 15) is 18.0 Å². The van der Waals surface area contributed by atoms with Gasteiger partial charge in [-0.2, -0.15) is 0 Å². The van der Waals surface area contributed by atoms with Gasteiger partial charge in [0.25, 0.3) is 5.91 Å². The van der Waals surface area contributed by atoms with Gasteiger partial charge in [-0.3, -0.25) is 9.78 Å². The number of hydrogen-bond acceptors (Lipinski definition) is 3. The van der Waals surface area contributed by atoms with Crippen molar-refractivity contribution in [3.8, 4) is 0 Å². The Morgan fingerprint density at radius 1 is 1.21 bits per heavy atom. The summed E-state index contributed by atoms with van der Waals surface area (Å²) in [5, 5.41) is 2.08. The van der Waals surface area contributed by atoms with Gasteiger partial charge in [-0.25, -0.2) is 13.2 Å². The van der Waals surface area contributed by atoms with E-state index >= 15 is 0 Å². The van der Waals surface area contributed by atoms with E-state index in [1.165, 1.54) is 0 Å². The summed E-state index contributed by atoms with van der Waals surface area (Å²) in [6.45, 7) is 0. The number of carbonyl (C=O) groups excluding carboxylic acids is 1. The van der Waals surface area contributed by atoms with Gasteiger partial charge < -0.3 is 11.1 Å². The Hall–Kier alpha value is -2.57. The molecule has 1 aromatic heterocycles. The molecule has 0 radical (unpaired) electrons.